The number of amides is 1. The number of anilines is 1. The number of hydrogen-bond donors (Lipinski definition) is 1. The summed E-state index contributed by atoms with van der Waals surface area (Å²) in [4.78, 5) is 18.2. The number of halogens is 1. The Morgan fingerprint density at radius 2 is 2.20 bits per heavy atom. The quantitative estimate of drug-likeness (QED) is 0.779. The zero-order chi connectivity index (χ0) is 18.4. The van der Waals surface area contributed by atoms with Gasteiger partial charge in [-0.15, -0.1) is 0 Å². The van der Waals surface area contributed by atoms with E-state index in [4.69, 9.17) is 9.88 Å². The van der Waals surface area contributed by atoms with Gasteiger partial charge in [-0.25, -0.2) is 18.5 Å². The Morgan fingerprint density at radius 3 is 2.84 bits per heavy atom. The number of benzene rings is 1. The van der Waals surface area contributed by atoms with E-state index in [2.05, 4.69) is 20.9 Å². The molecule has 2 heterocycles. The number of hydrogen-bond acceptors (Lipinski definition) is 6. The highest BCUT2D eigenvalue weighted by Gasteiger charge is 2.31. The lowest BCUT2D eigenvalue weighted by Crippen LogP contribution is -2.41. The van der Waals surface area contributed by atoms with Gasteiger partial charge in [-0.2, -0.15) is 0 Å². The smallest absolute Gasteiger partial charge is 0.269 e. The van der Waals surface area contributed by atoms with Gasteiger partial charge in [-0.3, -0.25) is 9.69 Å². The highest BCUT2D eigenvalue weighted by atomic mass is 79.9. The summed E-state index contributed by atoms with van der Waals surface area (Å²) in [5.74, 6) is 0.407. The molecule has 3 rings (SSSR count). The molecule has 25 heavy (non-hydrogen) atoms. The van der Waals surface area contributed by atoms with Crippen molar-refractivity contribution in [2.45, 2.75) is 30.1 Å². The van der Waals surface area contributed by atoms with E-state index in [9.17, 15) is 13.2 Å². The first-order chi connectivity index (χ1) is 11.7. The molecule has 0 fully saturated rings. The average molecular weight is 446 g/mol. The van der Waals surface area contributed by atoms with Crippen LogP contribution in [0.3, 0.4) is 0 Å². The van der Waals surface area contributed by atoms with Crippen LogP contribution in [-0.2, 0) is 21.2 Å². The average Bonchev–Trinajstić information content (AvgIpc) is 2.95. The third kappa shape index (κ3) is 3.71. The van der Waals surface area contributed by atoms with Crippen LogP contribution in [0, 0.1) is 6.92 Å². The fourth-order valence-corrected chi connectivity index (χ4v) is 4.94. The molecule has 1 unspecified atom stereocenters. The van der Waals surface area contributed by atoms with E-state index in [-0.39, 0.29) is 20.9 Å². The van der Waals surface area contributed by atoms with Gasteiger partial charge in [-0.1, -0.05) is 27.3 Å². The second kappa shape index (κ2) is 6.67. The van der Waals surface area contributed by atoms with Crippen molar-refractivity contribution in [2.24, 2.45) is 5.14 Å². The Labute approximate surface area is 158 Å². The van der Waals surface area contributed by atoms with Gasteiger partial charge in [0.05, 0.1) is 5.69 Å². The molecule has 1 aliphatic rings. The van der Waals surface area contributed by atoms with Crippen LogP contribution in [0.1, 0.15) is 17.7 Å². The maximum Gasteiger partial charge on any atom is 0.269 e. The van der Waals surface area contributed by atoms with Gasteiger partial charge in [0, 0.05) is 11.5 Å². The number of aryl methyl sites for hydroxylation is 2. The fourth-order valence-electron chi connectivity index (χ4n) is 2.62. The number of sulfonamides is 1. The molecule has 134 valence electrons. The van der Waals surface area contributed by atoms with E-state index in [1.807, 2.05) is 18.2 Å². The third-order valence-electron chi connectivity index (χ3n) is 3.86. The van der Waals surface area contributed by atoms with E-state index < -0.39 is 16.1 Å². The minimum Gasteiger partial charge on any atom is -0.480 e. The van der Waals surface area contributed by atoms with Crippen molar-refractivity contribution in [2.75, 3.05) is 11.9 Å². The van der Waals surface area contributed by atoms with E-state index in [0.29, 0.717) is 12.2 Å². The molecule has 1 atom stereocenters. The van der Waals surface area contributed by atoms with Gasteiger partial charge >= 0.3 is 0 Å². The van der Waals surface area contributed by atoms with Crippen LogP contribution in [0.5, 0.6) is 5.75 Å². The van der Waals surface area contributed by atoms with Gasteiger partial charge in [0.15, 0.2) is 15.4 Å². The minimum absolute atomic E-state index is 0.0399. The van der Waals surface area contributed by atoms with Crippen molar-refractivity contribution < 1.29 is 17.9 Å². The Kier molecular flexibility index (Phi) is 4.89. The molecule has 0 aliphatic carbocycles. The zero-order valence-electron chi connectivity index (χ0n) is 13.5. The first kappa shape index (κ1) is 18.3. The molecule has 2 N–H and O–H groups in total. The molecule has 0 saturated heterocycles. The summed E-state index contributed by atoms with van der Waals surface area (Å²) in [5.41, 5.74) is 1.32. The molecule has 0 saturated carbocycles. The molecule has 1 aliphatic heterocycles. The van der Waals surface area contributed by atoms with Crippen molar-refractivity contribution in [1.82, 2.24) is 4.98 Å². The third-order valence-corrected chi connectivity index (χ3v) is 7.14. The molecule has 2 aromatic rings. The lowest BCUT2D eigenvalue weighted by Gasteiger charge is -2.27. The van der Waals surface area contributed by atoms with Crippen LogP contribution in [0.15, 0.2) is 26.9 Å². The molecule has 1 aromatic carbocycles. The second-order valence-corrected chi connectivity index (χ2v) is 9.36. The first-order valence-electron chi connectivity index (χ1n) is 7.39. The van der Waals surface area contributed by atoms with Gasteiger partial charge in [0.2, 0.25) is 10.0 Å². The molecule has 1 aromatic heterocycles. The predicted octanol–water partition coefficient (Wildman–Crippen LogP) is 2.22. The summed E-state index contributed by atoms with van der Waals surface area (Å²) in [5, 5.41) is 5.44. The van der Waals surface area contributed by atoms with Crippen LogP contribution in [0.4, 0.5) is 5.13 Å². The number of nitrogens with two attached hydrogens (primary N) is 1. The Bertz CT molecular complexity index is 942. The number of ether oxygens (including phenoxy) is 1. The number of primary sulfonamides is 1. The number of rotatable bonds is 3. The second-order valence-electron chi connectivity index (χ2n) is 5.71. The SMILES string of the molecule is Cc1nc(N(C)C(=O)C2CCc3cc(Br)ccc3O2)sc1S(N)(=O)=O. The monoisotopic (exact) mass is 445 g/mol. The number of carbonyl (C=O) groups excluding carboxylic acids is 1. The summed E-state index contributed by atoms with van der Waals surface area (Å²) < 4.78 is 29.8. The normalized spacial score (nSPS) is 16.9. The summed E-state index contributed by atoms with van der Waals surface area (Å²) in [6, 6.07) is 5.66. The maximum absolute atomic E-state index is 12.7. The van der Waals surface area contributed by atoms with E-state index in [0.717, 1.165) is 27.8 Å². The van der Waals surface area contributed by atoms with Crippen LogP contribution in [-0.4, -0.2) is 32.5 Å². The number of aromatic nitrogens is 1. The lowest BCUT2D eigenvalue weighted by atomic mass is 10.0. The largest absolute Gasteiger partial charge is 0.480 e. The molecule has 1 amide bonds. The van der Waals surface area contributed by atoms with E-state index >= 15 is 0 Å². The summed E-state index contributed by atoms with van der Waals surface area (Å²) >= 11 is 4.29. The zero-order valence-corrected chi connectivity index (χ0v) is 16.7. The number of likely N-dealkylation sites (N-methyl/N-ethyl adjacent to an activating group) is 1. The molecular weight excluding hydrogens is 430 g/mol. The maximum atomic E-state index is 12.7. The Morgan fingerprint density at radius 1 is 1.48 bits per heavy atom. The van der Waals surface area contributed by atoms with E-state index in [1.165, 1.54) is 4.90 Å². The number of nitrogens with zero attached hydrogens (tertiary/aromatic N) is 2. The van der Waals surface area contributed by atoms with Crippen molar-refractivity contribution in [3.8, 4) is 5.75 Å². The van der Waals surface area contributed by atoms with Crippen LogP contribution >= 0.6 is 27.3 Å². The molecule has 10 heteroatoms. The van der Waals surface area contributed by atoms with Crippen molar-refractivity contribution in [3.63, 3.8) is 0 Å². The van der Waals surface area contributed by atoms with Crippen molar-refractivity contribution >= 4 is 48.3 Å². The van der Waals surface area contributed by atoms with Gasteiger partial charge in [0.1, 0.15) is 5.75 Å². The number of fused-ring (bicyclic) bond motifs is 1. The van der Waals surface area contributed by atoms with Gasteiger partial charge < -0.3 is 4.74 Å². The summed E-state index contributed by atoms with van der Waals surface area (Å²) in [6.45, 7) is 1.54. The first-order valence-corrected chi connectivity index (χ1v) is 10.6. The van der Waals surface area contributed by atoms with Crippen LogP contribution < -0.4 is 14.8 Å². The van der Waals surface area contributed by atoms with Crippen LogP contribution in [0.25, 0.3) is 0 Å². The Hall–Kier alpha value is -1.49. The molecule has 7 nitrogen and oxygen atoms in total. The van der Waals surface area contributed by atoms with E-state index in [1.54, 1.807) is 14.0 Å². The fraction of sp³-hybridized carbons (Fsp3) is 0.333. The predicted molar refractivity (Wildman–Crippen MR) is 98.5 cm³/mol. The van der Waals surface area contributed by atoms with Crippen LogP contribution in [0.2, 0.25) is 0 Å². The molecule has 0 bridgehead atoms. The lowest BCUT2D eigenvalue weighted by molar-refractivity contribution is -0.125. The molecule has 0 spiro atoms. The van der Waals surface area contributed by atoms with Crippen molar-refractivity contribution in [3.05, 3.63) is 33.9 Å². The molecular formula is C15H16BrN3O4S2. The summed E-state index contributed by atoms with van der Waals surface area (Å²) in [7, 11) is -2.31. The number of thiazole rings is 1. The topological polar surface area (TPSA) is 103 Å². The summed E-state index contributed by atoms with van der Waals surface area (Å²) in [6.07, 6.45) is 0.623. The number of carbonyl (C=O) groups is 1. The van der Waals surface area contributed by atoms with Crippen molar-refractivity contribution in [1.29, 1.82) is 0 Å². The van der Waals surface area contributed by atoms with Gasteiger partial charge in [0.25, 0.3) is 5.91 Å². The minimum atomic E-state index is -3.86. The highest BCUT2D eigenvalue weighted by molar-refractivity contribution is 9.10. The van der Waals surface area contributed by atoms with Gasteiger partial charge in [-0.05, 0) is 43.5 Å². The molecule has 0 radical (unpaired) electrons. The highest BCUT2D eigenvalue weighted by Crippen LogP contribution is 2.33. The standard InChI is InChI=1S/C15H16BrN3O4S2/c1-8-14(25(17,21)22)24-15(18-8)19(2)13(20)12-5-3-9-7-10(16)4-6-11(9)23-12/h4,6-7,12H,3,5H2,1-2H3,(H2,17,21,22). The Balaban J connectivity index is 1.81.